The Hall–Kier alpha value is -1.28. The molecule has 206 valence electrons. The van der Waals surface area contributed by atoms with Crippen LogP contribution in [0.2, 0.25) is 0 Å². The zero-order valence-corrected chi connectivity index (χ0v) is 27.4. The van der Waals surface area contributed by atoms with Gasteiger partial charge in [-0.2, -0.15) is 0 Å². The fourth-order valence-corrected chi connectivity index (χ4v) is 5.34. The standard InChI is InChI=1S/C34H46N2.2HI/c1(3-5-7-9-11-17-25-35-27-23-31-19-13-15-21-33(31)29-35)2-4-6-8-10-12-18-26-36-28-24-32-20-14-16-22-34(32)30-36;;/h13-16,19-24,27-30H,1-12,17-18,25-26H2;2*1H/q+2;;/p-2. The highest BCUT2D eigenvalue weighted by Crippen LogP contribution is 2.14. The number of aromatic nitrogens is 2. The second-order valence-electron chi connectivity index (χ2n) is 10.6. The normalized spacial score (nSPS) is 10.8. The number of pyridine rings is 2. The monoisotopic (exact) mass is 736 g/mol. The number of benzene rings is 2. The minimum atomic E-state index is 0. The van der Waals surface area contributed by atoms with E-state index in [1.807, 2.05) is 0 Å². The molecule has 0 bridgehead atoms. The van der Waals surface area contributed by atoms with Gasteiger partial charge in [0.1, 0.15) is 13.1 Å². The third-order valence-corrected chi connectivity index (χ3v) is 7.58. The summed E-state index contributed by atoms with van der Waals surface area (Å²) in [5, 5.41) is 5.36. The first-order chi connectivity index (χ1) is 17.9. The lowest BCUT2D eigenvalue weighted by Crippen LogP contribution is -3.00. The average molecular weight is 737 g/mol. The predicted octanol–water partition coefficient (Wildman–Crippen LogP) is 2.74. The highest BCUT2D eigenvalue weighted by molar-refractivity contribution is 5.80. The van der Waals surface area contributed by atoms with Crippen molar-refractivity contribution in [3.8, 4) is 0 Å². The van der Waals surface area contributed by atoms with E-state index in [2.05, 4.69) is 94.6 Å². The van der Waals surface area contributed by atoms with Gasteiger partial charge in [-0.1, -0.05) is 101 Å². The Kier molecular flexibility index (Phi) is 17.1. The van der Waals surface area contributed by atoms with Gasteiger partial charge in [0, 0.05) is 35.7 Å². The Labute approximate surface area is 265 Å². The topological polar surface area (TPSA) is 7.76 Å². The van der Waals surface area contributed by atoms with E-state index >= 15 is 0 Å². The lowest BCUT2D eigenvalue weighted by molar-refractivity contribution is -0.696. The van der Waals surface area contributed by atoms with Gasteiger partial charge in [-0.25, -0.2) is 9.13 Å². The van der Waals surface area contributed by atoms with E-state index in [1.165, 1.54) is 111 Å². The molecule has 2 aromatic carbocycles. The number of hydrogen-bond donors (Lipinski definition) is 0. The van der Waals surface area contributed by atoms with Crippen LogP contribution in [0, 0.1) is 0 Å². The van der Waals surface area contributed by atoms with E-state index in [0.29, 0.717) is 0 Å². The van der Waals surface area contributed by atoms with Crippen molar-refractivity contribution in [3.05, 3.63) is 85.5 Å². The summed E-state index contributed by atoms with van der Waals surface area (Å²) in [6.07, 6.45) is 28.6. The largest absolute Gasteiger partial charge is 1.00 e. The van der Waals surface area contributed by atoms with Crippen LogP contribution < -0.4 is 57.1 Å². The van der Waals surface area contributed by atoms with Crippen molar-refractivity contribution in [2.24, 2.45) is 0 Å². The molecule has 38 heavy (non-hydrogen) atoms. The summed E-state index contributed by atoms with van der Waals surface area (Å²) in [6, 6.07) is 21.7. The molecule has 2 aromatic heterocycles. The maximum absolute atomic E-state index is 2.35. The molecule has 0 saturated heterocycles. The number of fused-ring (bicyclic) bond motifs is 2. The number of nitrogens with zero attached hydrogens (tertiary/aromatic N) is 2. The van der Waals surface area contributed by atoms with Gasteiger partial charge >= 0.3 is 0 Å². The van der Waals surface area contributed by atoms with Crippen LogP contribution in [0.1, 0.15) is 89.9 Å². The third-order valence-electron chi connectivity index (χ3n) is 7.58. The average Bonchev–Trinajstić information content (AvgIpc) is 2.92. The highest BCUT2D eigenvalue weighted by atomic mass is 127. The van der Waals surface area contributed by atoms with Gasteiger partial charge < -0.3 is 48.0 Å². The summed E-state index contributed by atoms with van der Waals surface area (Å²) in [6.45, 7) is 2.29. The van der Waals surface area contributed by atoms with E-state index in [0.717, 1.165) is 13.1 Å². The molecule has 0 amide bonds. The first-order valence-corrected chi connectivity index (χ1v) is 14.6. The summed E-state index contributed by atoms with van der Waals surface area (Å²) in [4.78, 5) is 0. The zero-order valence-electron chi connectivity index (χ0n) is 23.0. The zero-order chi connectivity index (χ0) is 24.7. The minimum Gasteiger partial charge on any atom is -1.00 e. The van der Waals surface area contributed by atoms with E-state index < -0.39 is 0 Å². The SMILES string of the molecule is [I-].[I-].c1ccc2c[n+](CCCCCCCCCCCCCCCC[n+]3ccc4ccccc4c3)ccc2c1. The first kappa shape index (κ1) is 32.9. The number of rotatable bonds is 17. The molecular formula is C34H46I2N2. The van der Waals surface area contributed by atoms with Gasteiger partial charge in [-0.3, -0.25) is 0 Å². The van der Waals surface area contributed by atoms with Crippen LogP contribution in [-0.2, 0) is 13.1 Å². The first-order valence-electron chi connectivity index (χ1n) is 14.6. The molecule has 2 heterocycles. The Bertz CT molecular complexity index is 1080. The van der Waals surface area contributed by atoms with Crippen LogP contribution in [0.5, 0.6) is 0 Å². The molecule has 0 aliphatic heterocycles. The number of hydrogen-bond acceptors (Lipinski definition) is 0. The summed E-state index contributed by atoms with van der Waals surface area (Å²) in [7, 11) is 0. The number of halogens is 2. The fourth-order valence-electron chi connectivity index (χ4n) is 5.34. The molecule has 4 rings (SSSR count). The van der Waals surface area contributed by atoms with Crippen molar-refractivity contribution in [1.29, 1.82) is 0 Å². The summed E-state index contributed by atoms with van der Waals surface area (Å²) in [5.41, 5.74) is 0. The van der Waals surface area contributed by atoms with E-state index in [4.69, 9.17) is 0 Å². The summed E-state index contributed by atoms with van der Waals surface area (Å²) in [5.74, 6) is 0. The van der Waals surface area contributed by atoms with Gasteiger partial charge in [-0.15, -0.1) is 0 Å². The summed E-state index contributed by atoms with van der Waals surface area (Å²) < 4.78 is 4.71. The molecular weight excluding hydrogens is 690 g/mol. The lowest BCUT2D eigenvalue weighted by Gasteiger charge is -2.03. The molecule has 0 aliphatic carbocycles. The Morgan fingerprint density at radius 3 is 0.974 bits per heavy atom. The molecule has 0 radical (unpaired) electrons. The lowest BCUT2D eigenvalue weighted by atomic mass is 10.0. The van der Waals surface area contributed by atoms with E-state index in [9.17, 15) is 0 Å². The van der Waals surface area contributed by atoms with Crippen LogP contribution >= 0.6 is 0 Å². The number of unbranched alkanes of at least 4 members (excludes halogenated alkanes) is 13. The van der Waals surface area contributed by atoms with Crippen LogP contribution in [0.25, 0.3) is 21.5 Å². The van der Waals surface area contributed by atoms with Gasteiger partial charge in [0.05, 0.1) is 0 Å². The molecule has 4 aromatic rings. The molecule has 0 saturated carbocycles. The van der Waals surface area contributed by atoms with Crippen LogP contribution in [-0.4, -0.2) is 0 Å². The smallest absolute Gasteiger partial charge is 0.176 e. The summed E-state index contributed by atoms with van der Waals surface area (Å²) >= 11 is 0. The highest BCUT2D eigenvalue weighted by Gasteiger charge is 2.04. The molecule has 0 unspecified atom stereocenters. The van der Waals surface area contributed by atoms with Gasteiger partial charge in [0.15, 0.2) is 24.8 Å². The minimum absolute atomic E-state index is 0. The van der Waals surface area contributed by atoms with Crippen LogP contribution in [0.4, 0.5) is 0 Å². The van der Waals surface area contributed by atoms with Crippen molar-refractivity contribution in [2.45, 2.75) is 103 Å². The Balaban J connectivity index is 0.00000253. The van der Waals surface area contributed by atoms with Crippen molar-refractivity contribution >= 4 is 21.5 Å². The molecule has 2 nitrogen and oxygen atoms in total. The maximum Gasteiger partial charge on any atom is 0.176 e. The van der Waals surface area contributed by atoms with E-state index in [-0.39, 0.29) is 48.0 Å². The van der Waals surface area contributed by atoms with Crippen molar-refractivity contribution < 1.29 is 57.1 Å². The predicted molar refractivity (Wildman–Crippen MR) is 153 cm³/mol. The van der Waals surface area contributed by atoms with Crippen LogP contribution in [0.3, 0.4) is 0 Å². The molecule has 4 heteroatoms. The molecule has 0 N–H and O–H groups in total. The second-order valence-corrected chi connectivity index (χ2v) is 10.6. The van der Waals surface area contributed by atoms with Gasteiger partial charge in [0.2, 0.25) is 0 Å². The molecule has 0 aliphatic rings. The van der Waals surface area contributed by atoms with E-state index in [1.54, 1.807) is 0 Å². The fraction of sp³-hybridized carbons (Fsp3) is 0.471. The molecule has 0 fully saturated rings. The maximum atomic E-state index is 2.35. The Morgan fingerprint density at radius 2 is 0.632 bits per heavy atom. The van der Waals surface area contributed by atoms with Crippen molar-refractivity contribution in [1.82, 2.24) is 0 Å². The number of aryl methyl sites for hydroxylation is 2. The Morgan fingerprint density at radius 1 is 0.342 bits per heavy atom. The molecule has 0 atom stereocenters. The second kappa shape index (κ2) is 19.7. The van der Waals surface area contributed by atoms with Crippen LogP contribution in [0.15, 0.2) is 85.5 Å². The van der Waals surface area contributed by atoms with Crippen molar-refractivity contribution in [2.75, 3.05) is 0 Å². The quantitative estimate of drug-likeness (QED) is 0.0897. The van der Waals surface area contributed by atoms with Gasteiger partial charge in [-0.05, 0) is 35.7 Å². The van der Waals surface area contributed by atoms with Crippen molar-refractivity contribution in [3.63, 3.8) is 0 Å². The van der Waals surface area contributed by atoms with Gasteiger partial charge in [0.25, 0.3) is 0 Å². The third kappa shape index (κ3) is 11.8. The molecule has 0 spiro atoms.